The van der Waals surface area contributed by atoms with E-state index in [4.69, 9.17) is 14.5 Å². The van der Waals surface area contributed by atoms with Crippen molar-refractivity contribution in [2.45, 2.75) is 26.4 Å². The molecule has 0 unspecified atom stereocenters. The topological polar surface area (TPSA) is 76.8 Å². The van der Waals surface area contributed by atoms with Crippen LogP contribution >= 0.6 is 35.3 Å². The number of benzene rings is 1. The molecule has 0 fully saturated rings. The van der Waals surface area contributed by atoms with Gasteiger partial charge in [0.05, 0.1) is 0 Å². The number of aryl methyl sites for hydroxylation is 1. The molecular weight excluding hydrogens is 527 g/mol. The third-order valence-corrected chi connectivity index (χ3v) is 5.94. The number of aliphatic imine (C=N–C) groups is 1. The molecule has 1 aromatic carbocycles. The van der Waals surface area contributed by atoms with Crippen LogP contribution in [0.15, 0.2) is 40.7 Å². The summed E-state index contributed by atoms with van der Waals surface area (Å²) in [5, 5.41) is 13.9. The molecule has 0 saturated carbocycles. The summed E-state index contributed by atoms with van der Waals surface area (Å²) in [6, 6.07) is 10.3. The molecule has 0 amide bonds. The average Bonchev–Trinajstić information content (AvgIpc) is 3.48. The van der Waals surface area contributed by atoms with Gasteiger partial charge >= 0.3 is 0 Å². The first kappa shape index (κ1) is 23.3. The van der Waals surface area contributed by atoms with Gasteiger partial charge in [0, 0.05) is 32.1 Å². The van der Waals surface area contributed by atoms with Crippen molar-refractivity contribution in [3.8, 4) is 11.5 Å². The summed E-state index contributed by atoms with van der Waals surface area (Å²) in [5.74, 6) is 4.12. The summed E-state index contributed by atoms with van der Waals surface area (Å²) in [6.45, 7) is 4.18. The highest BCUT2D eigenvalue weighted by molar-refractivity contribution is 14.0. The maximum Gasteiger partial charge on any atom is 0.231 e. The maximum absolute atomic E-state index is 5.50. The number of halogens is 1. The van der Waals surface area contributed by atoms with E-state index < -0.39 is 0 Å². The van der Waals surface area contributed by atoms with Crippen molar-refractivity contribution < 1.29 is 9.47 Å². The van der Waals surface area contributed by atoms with Gasteiger partial charge in [0.1, 0.15) is 12.4 Å². The smallest absolute Gasteiger partial charge is 0.231 e. The summed E-state index contributed by atoms with van der Waals surface area (Å²) in [5.41, 5.74) is 1.13. The van der Waals surface area contributed by atoms with Gasteiger partial charge in [-0.15, -0.1) is 45.5 Å². The van der Waals surface area contributed by atoms with Crippen LogP contribution in [0.5, 0.6) is 11.5 Å². The molecule has 166 valence electrons. The average molecular weight is 554 g/mol. The third-order valence-electron chi connectivity index (χ3n) is 5.01. The van der Waals surface area contributed by atoms with E-state index in [1.807, 2.05) is 37.7 Å². The van der Waals surface area contributed by atoms with E-state index in [0.29, 0.717) is 13.1 Å². The molecule has 0 spiro atoms. The Labute approximate surface area is 203 Å². The zero-order valence-electron chi connectivity index (χ0n) is 17.9. The molecular formula is C21H27IN6O2S. The van der Waals surface area contributed by atoms with Crippen molar-refractivity contribution in [2.24, 2.45) is 12.0 Å². The van der Waals surface area contributed by atoms with E-state index in [0.717, 1.165) is 47.6 Å². The van der Waals surface area contributed by atoms with Crippen LogP contribution in [0.2, 0.25) is 0 Å². The highest BCUT2D eigenvalue weighted by Crippen LogP contribution is 2.32. The van der Waals surface area contributed by atoms with Crippen LogP contribution in [0.1, 0.15) is 22.1 Å². The fourth-order valence-corrected chi connectivity index (χ4v) is 3.90. The number of thiophene rings is 1. The van der Waals surface area contributed by atoms with Crippen LogP contribution in [0.4, 0.5) is 0 Å². The van der Waals surface area contributed by atoms with Gasteiger partial charge in [-0.3, -0.25) is 0 Å². The summed E-state index contributed by atoms with van der Waals surface area (Å²) < 4.78 is 12.9. The van der Waals surface area contributed by atoms with E-state index in [1.165, 1.54) is 4.88 Å². The number of guanidine groups is 1. The Bertz CT molecular complexity index is 1020. The van der Waals surface area contributed by atoms with Gasteiger partial charge in [0.25, 0.3) is 0 Å². The summed E-state index contributed by atoms with van der Waals surface area (Å²) >= 11 is 1.77. The largest absolute Gasteiger partial charge is 0.454 e. The van der Waals surface area contributed by atoms with Gasteiger partial charge in [-0.25, -0.2) is 4.99 Å². The van der Waals surface area contributed by atoms with Gasteiger partial charge < -0.3 is 24.3 Å². The van der Waals surface area contributed by atoms with E-state index in [1.54, 1.807) is 11.3 Å². The predicted octanol–water partition coefficient (Wildman–Crippen LogP) is 3.35. The van der Waals surface area contributed by atoms with Gasteiger partial charge in [0.15, 0.2) is 23.3 Å². The molecule has 1 aliphatic rings. The normalized spacial score (nSPS) is 12.5. The van der Waals surface area contributed by atoms with Crippen molar-refractivity contribution in [2.75, 3.05) is 20.4 Å². The van der Waals surface area contributed by atoms with Crippen LogP contribution < -0.4 is 14.8 Å². The lowest BCUT2D eigenvalue weighted by atomic mass is 10.2. The summed E-state index contributed by atoms with van der Waals surface area (Å²) in [4.78, 5) is 8.27. The summed E-state index contributed by atoms with van der Waals surface area (Å²) in [6.07, 6.45) is 0.956. The molecule has 2 aromatic heterocycles. The molecule has 1 N–H and O–H groups in total. The quantitative estimate of drug-likeness (QED) is 0.274. The number of hydrogen-bond donors (Lipinski definition) is 1. The van der Waals surface area contributed by atoms with Crippen LogP contribution in [-0.4, -0.2) is 46.0 Å². The molecule has 4 rings (SSSR count). The molecule has 8 nitrogen and oxygen atoms in total. The molecule has 3 heterocycles. The molecule has 0 radical (unpaired) electrons. The lowest BCUT2D eigenvalue weighted by Crippen LogP contribution is -2.39. The van der Waals surface area contributed by atoms with Gasteiger partial charge in [-0.1, -0.05) is 12.1 Å². The van der Waals surface area contributed by atoms with Crippen LogP contribution in [0.3, 0.4) is 0 Å². The highest BCUT2D eigenvalue weighted by atomic mass is 127. The molecule has 0 bridgehead atoms. The number of ether oxygens (including phenoxy) is 2. The van der Waals surface area contributed by atoms with Crippen molar-refractivity contribution in [1.82, 2.24) is 25.0 Å². The molecule has 3 aromatic rings. The monoisotopic (exact) mass is 554 g/mol. The van der Waals surface area contributed by atoms with Crippen molar-refractivity contribution in [1.29, 1.82) is 0 Å². The number of nitrogens with zero attached hydrogens (tertiary/aromatic N) is 5. The first-order valence-electron chi connectivity index (χ1n) is 9.85. The van der Waals surface area contributed by atoms with Crippen LogP contribution in [0.25, 0.3) is 0 Å². The number of rotatable bonds is 7. The molecule has 0 aliphatic carbocycles. The molecule has 31 heavy (non-hydrogen) atoms. The Morgan fingerprint density at radius 3 is 2.84 bits per heavy atom. The second kappa shape index (κ2) is 10.8. The van der Waals surface area contributed by atoms with Crippen LogP contribution in [-0.2, 0) is 26.6 Å². The SMILES string of the molecule is Cc1nnc(CN=C(NCCc2cccs2)N(C)Cc2ccc3c(c2)OCO3)n1C.I. The standard InChI is InChI=1S/C21H26N6O2S.HI/c1-15-24-25-20(27(15)3)12-23-21(22-9-8-17-5-4-10-30-17)26(2)13-16-6-7-18-19(11-16)29-14-28-18;/h4-7,10-11H,8-9,12-14H2,1-3H3,(H,22,23);1H. The van der Waals surface area contributed by atoms with Crippen molar-refractivity contribution >= 4 is 41.3 Å². The number of aromatic nitrogens is 3. The molecule has 1 aliphatic heterocycles. The number of hydrogen-bond acceptors (Lipinski definition) is 6. The molecule has 0 saturated heterocycles. The Morgan fingerprint density at radius 1 is 1.26 bits per heavy atom. The minimum atomic E-state index is 0. The van der Waals surface area contributed by atoms with E-state index in [-0.39, 0.29) is 30.8 Å². The highest BCUT2D eigenvalue weighted by Gasteiger charge is 2.15. The van der Waals surface area contributed by atoms with Crippen LogP contribution in [0, 0.1) is 6.92 Å². The predicted molar refractivity (Wildman–Crippen MR) is 132 cm³/mol. The maximum atomic E-state index is 5.50. The van der Waals surface area contributed by atoms with Gasteiger partial charge in [-0.05, 0) is 42.5 Å². The molecule has 0 atom stereocenters. The van der Waals surface area contributed by atoms with Crippen molar-refractivity contribution in [3.63, 3.8) is 0 Å². The minimum absolute atomic E-state index is 0. The first-order chi connectivity index (χ1) is 14.6. The Kier molecular flexibility index (Phi) is 8.13. The second-order valence-electron chi connectivity index (χ2n) is 7.16. The second-order valence-corrected chi connectivity index (χ2v) is 8.19. The lowest BCUT2D eigenvalue weighted by molar-refractivity contribution is 0.174. The lowest BCUT2D eigenvalue weighted by Gasteiger charge is -2.23. The van der Waals surface area contributed by atoms with E-state index in [9.17, 15) is 0 Å². The van der Waals surface area contributed by atoms with E-state index >= 15 is 0 Å². The van der Waals surface area contributed by atoms with Gasteiger partial charge in [-0.2, -0.15) is 0 Å². The fraction of sp³-hybridized carbons (Fsp3) is 0.381. The Hall–Kier alpha value is -2.34. The molecule has 10 heteroatoms. The zero-order valence-corrected chi connectivity index (χ0v) is 21.0. The van der Waals surface area contributed by atoms with Gasteiger partial charge in [0.2, 0.25) is 6.79 Å². The zero-order chi connectivity index (χ0) is 20.9. The third kappa shape index (κ3) is 5.88. The fourth-order valence-electron chi connectivity index (χ4n) is 3.19. The number of fused-ring (bicyclic) bond motifs is 1. The summed E-state index contributed by atoms with van der Waals surface area (Å²) in [7, 11) is 3.99. The minimum Gasteiger partial charge on any atom is -0.454 e. The Balaban J connectivity index is 0.00000272. The number of nitrogens with one attached hydrogen (secondary N) is 1. The van der Waals surface area contributed by atoms with Crippen molar-refractivity contribution in [3.05, 3.63) is 57.8 Å². The Morgan fingerprint density at radius 2 is 2.10 bits per heavy atom. The first-order valence-corrected chi connectivity index (χ1v) is 10.7. The van der Waals surface area contributed by atoms with E-state index in [2.05, 4.69) is 44.0 Å².